The summed E-state index contributed by atoms with van der Waals surface area (Å²) in [6.07, 6.45) is 1.52. The fourth-order valence-electron chi connectivity index (χ4n) is 2.72. The van der Waals surface area contributed by atoms with Crippen molar-refractivity contribution in [2.45, 2.75) is 51.8 Å². The largest absolute Gasteiger partial charge is 0.489 e. The summed E-state index contributed by atoms with van der Waals surface area (Å²) >= 11 is 0. The monoisotopic (exact) mass is 261 g/mol. The number of carbonyl (C=O) groups is 1. The van der Waals surface area contributed by atoms with Crippen LogP contribution in [0.25, 0.3) is 0 Å². The lowest BCUT2D eigenvalue weighted by Gasteiger charge is -2.26. The fourth-order valence-corrected chi connectivity index (χ4v) is 2.72. The van der Waals surface area contributed by atoms with Crippen molar-refractivity contribution in [3.05, 3.63) is 30.3 Å². The minimum absolute atomic E-state index is 0.0266. The molecule has 0 spiro atoms. The van der Waals surface area contributed by atoms with E-state index in [1.807, 2.05) is 37.3 Å². The van der Waals surface area contributed by atoms with Crippen LogP contribution < -0.4 is 4.74 Å². The van der Waals surface area contributed by atoms with E-state index in [1.54, 1.807) is 0 Å². The van der Waals surface area contributed by atoms with Crippen LogP contribution in [-0.4, -0.2) is 35.4 Å². The maximum absolute atomic E-state index is 12.0. The first kappa shape index (κ1) is 14.1. The average Bonchev–Trinajstić information content (AvgIpc) is 2.83. The van der Waals surface area contributed by atoms with Crippen LogP contribution in [0.3, 0.4) is 0 Å². The van der Waals surface area contributed by atoms with Crippen molar-refractivity contribution in [3.8, 4) is 5.75 Å². The van der Waals surface area contributed by atoms with E-state index in [9.17, 15) is 4.79 Å². The van der Waals surface area contributed by atoms with Gasteiger partial charge in [-0.1, -0.05) is 25.1 Å². The summed E-state index contributed by atoms with van der Waals surface area (Å²) in [5.74, 6) is 1.22. The summed E-state index contributed by atoms with van der Waals surface area (Å²) in [6.45, 7) is 7.05. The van der Waals surface area contributed by atoms with Crippen LogP contribution in [0.2, 0.25) is 0 Å². The van der Waals surface area contributed by atoms with Crippen LogP contribution in [0.5, 0.6) is 5.75 Å². The second-order valence-corrected chi connectivity index (χ2v) is 5.41. The van der Waals surface area contributed by atoms with Crippen molar-refractivity contribution < 1.29 is 9.53 Å². The van der Waals surface area contributed by atoms with Gasteiger partial charge in [-0.25, -0.2) is 0 Å². The summed E-state index contributed by atoms with van der Waals surface area (Å²) in [5.41, 5.74) is 0. The number of nitrogens with zero attached hydrogens (tertiary/aromatic N) is 1. The molecule has 104 valence electrons. The zero-order chi connectivity index (χ0) is 13.8. The number of hydrogen-bond donors (Lipinski definition) is 0. The first-order chi connectivity index (χ1) is 9.11. The Morgan fingerprint density at radius 2 is 2.05 bits per heavy atom. The summed E-state index contributed by atoms with van der Waals surface area (Å²) in [5, 5.41) is 0. The Morgan fingerprint density at radius 1 is 1.37 bits per heavy atom. The summed E-state index contributed by atoms with van der Waals surface area (Å²) in [4.78, 5) is 14.3. The maximum Gasteiger partial charge on any atom is 0.149 e. The van der Waals surface area contributed by atoms with Gasteiger partial charge in [0.05, 0.1) is 6.04 Å². The lowest BCUT2D eigenvalue weighted by molar-refractivity contribution is -0.123. The molecule has 3 heteroatoms. The van der Waals surface area contributed by atoms with E-state index < -0.39 is 0 Å². The number of likely N-dealkylation sites (tertiary alicyclic amines) is 1. The van der Waals surface area contributed by atoms with Gasteiger partial charge in [0.2, 0.25) is 0 Å². The first-order valence-corrected chi connectivity index (χ1v) is 7.12. The molecule has 0 radical (unpaired) electrons. The third kappa shape index (κ3) is 3.35. The maximum atomic E-state index is 12.0. The predicted molar refractivity (Wildman–Crippen MR) is 76.4 cm³/mol. The Morgan fingerprint density at radius 3 is 2.63 bits per heavy atom. The smallest absolute Gasteiger partial charge is 0.149 e. The Bertz CT molecular complexity index is 416. The molecule has 0 N–H and O–H groups in total. The van der Waals surface area contributed by atoms with Crippen molar-refractivity contribution in [1.82, 2.24) is 4.90 Å². The van der Waals surface area contributed by atoms with E-state index in [2.05, 4.69) is 18.7 Å². The van der Waals surface area contributed by atoms with Gasteiger partial charge >= 0.3 is 0 Å². The molecule has 0 amide bonds. The molecule has 1 heterocycles. The summed E-state index contributed by atoms with van der Waals surface area (Å²) in [7, 11) is 0. The van der Waals surface area contributed by atoms with Crippen LogP contribution in [0.4, 0.5) is 0 Å². The van der Waals surface area contributed by atoms with Gasteiger partial charge in [0.1, 0.15) is 17.6 Å². The summed E-state index contributed by atoms with van der Waals surface area (Å²) in [6, 6.07) is 10.3. The van der Waals surface area contributed by atoms with Crippen LogP contribution in [-0.2, 0) is 4.79 Å². The number of ketones is 1. The molecular formula is C16H23NO2. The molecule has 0 saturated carbocycles. The highest BCUT2D eigenvalue weighted by Gasteiger charge is 2.38. The highest BCUT2D eigenvalue weighted by atomic mass is 16.5. The number of para-hydroxylation sites is 1. The van der Waals surface area contributed by atoms with E-state index in [1.165, 1.54) is 0 Å². The molecule has 1 saturated heterocycles. The molecule has 2 rings (SSSR count). The fraction of sp³-hybridized carbons (Fsp3) is 0.562. The SMILES string of the molecule is CCC(=O)[C@@H]1CC(Oc2ccccc2)CN1C(C)C. The Labute approximate surface area is 115 Å². The van der Waals surface area contributed by atoms with Crippen molar-refractivity contribution in [1.29, 1.82) is 0 Å². The molecule has 1 aromatic rings. The number of carbonyl (C=O) groups excluding carboxylic acids is 1. The third-order valence-electron chi connectivity index (χ3n) is 3.73. The summed E-state index contributed by atoms with van der Waals surface area (Å²) < 4.78 is 5.99. The van der Waals surface area contributed by atoms with Crippen molar-refractivity contribution >= 4 is 5.78 Å². The van der Waals surface area contributed by atoms with Crippen molar-refractivity contribution in [2.75, 3.05) is 6.54 Å². The van der Waals surface area contributed by atoms with Gasteiger partial charge in [0, 0.05) is 25.4 Å². The van der Waals surface area contributed by atoms with E-state index in [-0.39, 0.29) is 12.1 Å². The highest BCUT2D eigenvalue weighted by molar-refractivity contribution is 5.84. The number of benzene rings is 1. The standard InChI is InChI=1S/C16H23NO2/c1-4-16(18)15-10-14(11-17(15)12(2)3)19-13-8-6-5-7-9-13/h5-9,12,14-15H,4,10-11H2,1-3H3/t14?,15-/m0/s1. The molecule has 1 unspecified atom stereocenters. The molecule has 0 aliphatic carbocycles. The van der Waals surface area contributed by atoms with Gasteiger partial charge in [-0.2, -0.15) is 0 Å². The first-order valence-electron chi connectivity index (χ1n) is 7.12. The lowest BCUT2D eigenvalue weighted by Crippen LogP contribution is -2.40. The lowest BCUT2D eigenvalue weighted by atomic mass is 10.1. The molecule has 19 heavy (non-hydrogen) atoms. The normalized spacial score (nSPS) is 23.8. The van der Waals surface area contributed by atoms with E-state index in [4.69, 9.17) is 4.74 Å². The molecule has 0 bridgehead atoms. The Hall–Kier alpha value is -1.35. The van der Waals surface area contributed by atoms with Crippen molar-refractivity contribution in [2.24, 2.45) is 0 Å². The average molecular weight is 261 g/mol. The molecule has 1 aliphatic heterocycles. The molecule has 1 aromatic carbocycles. The molecular weight excluding hydrogens is 238 g/mol. The zero-order valence-electron chi connectivity index (χ0n) is 12.0. The van der Waals surface area contributed by atoms with Crippen LogP contribution in [0, 0.1) is 0 Å². The highest BCUT2D eigenvalue weighted by Crippen LogP contribution is 2.25. The van der Waals surface area contributed by atoms with Gasteiger partial charge in [-0.3, -0.25) is 9.69 Å². The number of ether oxygens (including phenoxy) is 1. The quantitative estimate of drug-likeness (QED) is 0.816. The second kappa shape index (κ2) is 6.20. The van der Waals surface area contributed by atoms with Gasteiger partial charge in [0.25, 0.3) is 0 Å². The number of Topliss-reactive ketones (excluding diaryl/α,β-unsaturated/α-hetero) is 1. The van der Waals surface area contributed by atoms with Crippen LogP contribution >= 0.6 is 0 Å². The Kier molecular flexibility index (Phi) is 4.59. The van der Waals surface area contributed by atoms with Crippen LogP contribution in [0.15, 0.2) is 30.3 Å². The van der Waals surface area contributed by atoms with E-state index in [0.717, 1.165) is 18.7 Å². The van der Waals surface area contributed by atoms with E-state index >= 15 is 0 Å². The van der Waals surface area contributed by atoms with Gasteiger partial charge < -0.3 is 4.74 Å². The number of rotatable bonds is 5. The third-order valence-corrected chi connectivity index (χ3v) is 3.73. The van der Waals surface area contributed by atoms with Crippen LogP contribution in [0.1, 0.15) is 33.6 Å². The zero-order valence-corrected chi connectivity index (χ0v) is 12.0. The molecule has 1 aliphatic rings. The molecule has 1 fully saturated rings. The molecule has 3 nitrogen and oxygen atoms in total. The minimum atomic E-state index is 0.0266. The van der Waals surface area contributed by atoms with Crippen molar-refractivity contribution in [3.63, 3.8) is 0 Å². The topological polar surface area (TPSA) is 29.5 Å². The van der Waals surface area contributed by atoms with Gasteiger partial charge in [0.15, 0.2) is 0 Å². The Balaban J connectivity index is 2.03. The molecule has 2 atom stereocenters. The van der Waals surface area contributed by atoms with E-state index in [0.29, 0.717) is 18.2 Å². The van der Waals surface area contributed by atoms with Gasteiger partial charge in [-0.05, 0) is 26.0 Å². The number of hydrogen-bond acceptors (Lipinski definition) is 3. The predicted octanol–water partition coefficient (Wildman–Crippen LogP) is 2.90. The minimum Gasteiger partial charge on any atom is -0.489 e. The van der Waals surface area contributed by atoms with Gasteiger partial charge in [-0.15, -0.1) is 0 Å². The molecule has 0 aromatic heterocycles. The second-order valence-electron chi connectivity index (χ2n) is 5.41.